The molecular weight excluding hydrogens is 456 g/mol. The fourth-order valence-electron chi connectivity index (χ4n) is 6.07. The quantitative estimate of drug-likeness (QED) is 0.693. The molecule has 1 N–H and O–H groups in total. The van der Waals surface area contributed by atoms with Gasteiger partial charge in [-0.05, 0) is 74.5 Å². The van der Waals surface area contributed by atoms with Crippen molar-refractivity contribution >= 4 is 44.0 Å². The zero-order chi connectivity index (χ0) is 22.0. The highest BCUT2D eigenvalue weighted by Crippen LogP contribution is 2.61. The Balaban J connectivity index is 1.37. The van der Waals surface area contributed by atoms with Crippen LogP contribution in [0.3, 0.4) is 0 Å². The van der Waals surface area contributed by atoms with Gasteiger partial charge in [0.1, 0.15) is 5.01 Å². The molecule has 0 aliphatic heterocycles. The Hall–Kier alpha value is -1.55. The Kier molecular flexibility index (Phi) is 5.16. The van der Waals surface area contributed by atoms with Crippen molar-refractivity contribution in [2.24, 2.45) is 17.8 Å². The van der Waals surface area contributed by atoms with Crippen molar-refractivity contribution in [3.8, 4) is 0 Å². The summed E-state index contributed by atoms with van der Waals surface area (Å²) >= 11 is 7.64. The van der Waals surface area contributed by atoms with E-state index in [0.717, 1.165) is 27.1 Å². The largest absolute Gasteiger partial charge is 0.296 e. The maximum atomic E-state index is 12.9. The van der Waals surface area contributed by atoms with Crippen LogP contribution in [0.15, 0.2) is 23.1 Å². The van der Waals surface area contributed by atoms with Crippen molar-refractivity contribution in [3.05, 3.63) is 33.8 Å². The highest BCUT2D eigenvalue weighted by molar-refractivity contribution is 7.89. The number of hydrogen-bond donors (Lipinski definition) is 1. The molecule has 0 spiro atoms. The summed E-state index contributed by atoms with van der Waals surface area (Å²) in [6, 6.07) is 4.12. The first-order valence-electron chi connectivity index (χ1n) is 10.5. The lowest BCUT2D eigenvalue weighted by molar-refractivity contribution is -0.00555. The number of hydrogen-bond acceptors (Lipinski definition) is 6. The van der Waals surface area contributed by atoms with Crippen molar-refractivity contribution in [2.75, 3.05) is 19.4 Å². The predicted molar refractivity (Wildman–Crippen MR) is 120 cm³/mol. The van der Waals surface area contributed by atoms with Gasteiger partial charge in [0.2, 0.25) is 15.2 Å². The van der Waals surface area contributed by atoms with Gasteiger partial charge in [-0.25, -0.2) is 12.7 Å². The average Bonchev–Trinajstić information content (AvgIpc) is 3.16. The van der Waals surface area contributed by atoms with E-state index in [1.807, 2.05) is 0 Å². The first-order chi connectivity index (χ1) is 14.7. The fraction of sp³-hybridized carbons (Fsp3) is 0.571. The molecule has 4 bridgehead atoms. The van der Waals surface area contributed by atoms with Crippen LogP contribution in [-0.2, 0) is 15.4 Å². The Bertz CT molecular complexity index is 1110. The number of carbonyl (C=O) groups excluding carboxylic acids is 1. The van der Waals surface area contributed by atoms with E-state index < -0.39 is 15.9 Å². The normalized spacial score (nSPS) is 29.5. The number of benzene rings is 1. The molecule has 31 heavy (non-hydrogen) atoms. The number of halogens is 1. The summed E-state index contributed by atoms with van der Waals surface area (Å²) in [4.78, 5) is 12.9. The van der Waals surface area contributed by atoms with Gasteiger partial charge in [-0.15, -0.1) is 10.2 Å². The highest BCUT2D eigenvalue weighted by atomic mass is 35.5. The van der Waals surface area contributed by atoms with Crippen molar-refractivity contribution in [3.63, 3.8) is 0 Å². The number of carbonyl (C=O) groups is 1. The number of nitrogens with zero attached hydrogens (tertiary/aromatic N) is 3. The number of anilines is 1. The lowest BCUT2D eigenvalue weighted by Crippen LogP contribution is -2.48. The first kappa shape index (κ1) is 21.3. The van der Waals surface area contributed by atoms with Crippen LogP contribution in [-0.4, -0.2) is 42.9 Å². The van der Waals surface area contributed by atoms with Gasteiger partial charge in [0.15, 0.2) is 0 Å². The number of aromatic nitrogens is 2. The van der Waals surface area contributed by atoms with Crippen LogP contribution in [0, 0.1) is 17.8 Å². The molecule has 0 unspecified atom stereocenters. The lowest BCUT2D eigenvalue weighted by atomic mass is 9.50. The van der Waals surface area contributed by atoms with Crippen LogP contribution in [0.2, 0.25) is 5.02 Å². The van der Waals surface area contributed by atoms with E-state index in [2.05, 4.69) is 15.5 Å². The van der Waals surface area contributed by atoms with Gasteiger partial charge in [0.05, 0.1) is 15.5 Å². The third-order valence-electron chi connectivity index (χ3n) is 7.10. The standard InChI is InChI=1S/C21H25ClN4O3S2/c1-26(2)31(28,29)15-3-4-17(22)16(8-15)18(27)23-20-25-24-19(30-20)21-9-12-5-13(10-21)7-14(6-12)11-21/h3-4,8,12-14H,5-7,9-11H2,1-2H3,(H,23,25,27). The molecule has 4 aliphatic rings. The summed E-state index contributed by atoms with van der Waals surface area (Å²) < 4.78 is 25.9. The van der Waals surface area contributed by atoms with Gasteiger partial charge >= 0.3 is 0 Å². The van der Waals surface area contributed by atoms with Gasteiger partial charge in [-0.1, -0.05) is 22.9 Å². The summed E-state index contributed by atoms with van der Waals surface area (Å²) in [6.45, 7) is 0. The fourth-order valence-corrected chi connectivity index (χ4v) is 8.16. The molecule has 4 fully saturated rings. The minimum atomic E-state index is -3.68. The van der Waals surface area contributed by atoms with Gasteiger partial charge in [-0.3, -0.25) is 10.1 Å². The van der Waals surface area contributed by atoms with E-state index in [4.69, 9.17) is 11.6 Å². The molecule has 1 amide bonds. The summed E-state index contributed by atoms with van der Waals surface area (Å²) in [5, 5.41) is 13.1. The van der Waals surface area contributed by atoms with Gasteiger partial charge in [-0.2, -0.15) is 0 Å². The smallest absolute Gasteiger partial charge is 0.259 e. The van der Waals surface area contributed by atoms with E-state index >= 15 is 0 Å². The maximum Gasteiger partial charge on any atom is 0.259 e. The summed E-state index contributed by atoms with van der Waals surface area (Å²) in [6.07, 6.45) is 7.60. The van der Waals surface area contributed by atoms with E-state index in [0.29, 0.717) is 5.13 Å². The maximum absolute atomic E-state index is 12.9. The lowest BCUT2D eigenvalue weighted by Gasteiger charge is -2.55. The minimum absolute atomic E-state index is 0.0126. The molecule has 7 nitrogen and oxygen atoms in total. The monoisotopic (exact) mass is 480 g/mol. The van der Waals surface area contributed by atoms with E-state index in [-0.39, 0.29) is 20.9 Å². The van der Waals surface area contributed by atoms with Gasteiger partial charge in [0.25, 0.3) is 5.91 Å². The van der Waals surface area contributed by atoms with Crippen molar-refractivity contribution < 1.29 is 13.2 Å². The zero-order valence-electron chi connectivity index (χ0n) is 17.5. The molecule has 1 heterocycles. The Morgan fingerprint density at radius 2 is 1.74 bits per heavy atom. The number of amides is 1. The highest BCUT2D eigenvalue weighted by Gasteiger charge is 2.53. The SMILES string of the molecule is CN(C)S(=O)(=O)c1ccc(Cl)c(C(=O)Nc2nnc(C34CC5CC(CC(C5)C3)C4)s2)c1. The van der Waals surface area contributed by atoms with Crippen molar-refractivity contribution in [1.29, 1.82) is 0 Å². The van der Waals surface area contributed by atoms with Gasteiger partial charge in [0, 0.05) is 19.5 Å². The van der Waals surface area contributed by atoms with E-state index in [1.165, 1.54) is 82.2 Å². The molecule has 166 valence electrons. The van der Waals surface area contributed by atoms with Crippen molar-refractivity contribution in [1.82, 2.24) is 14.5 Å². The molecule has 0 atom stereocenters. The second-order valence-corrected chi connectivity index (χ2v) is 13.0. The van der Waals surface area contributed by atoms with E-state index in [1.54, 1.807) is 0 Å². The van der Waals surface area contributed by atoms with Crippen LogP contribution in [0.4, 0.5) is 5.13 Å². The molecule has 0 saturated heterocycles. The van der Waals surface area contributed by atoms with Crippen LogP contribution >= 0.6 is 22.9 Å². The van der Waals surface area contributed by atoms with Crippen LogP contribution in [0.25, 0.3) is 0 Å². The molecule has 1 aromatic heterocycles. The first-order valence-corrected chi connectivity index (χ1v) is 13.2. The number of sulfonamides is 1. The summed E-state index contributed by atoms with van der Waals surface area (Å²) in [7, 11) is -0.792. The second-order valence-electron chi connectivity index (χ2n) is 9.49. The molecule has 6 rings (SSSR count). The third kappa shape index (κ3) is 3.69. The third-order valence-corrected chi connectivity index (χ3v) is 10.3. The molecule has 0 radical (unpaired) electrons. The number of rotatable bonds is 5. The Labute approximate surface area is 191 Å². The average molecular weight is 481 g/mol. The van der Waals surface area contributed by atoms with Gasteiger partial charge < -0.3 is 0 Å². The van der Waals surface area contributed by atoms with Crippen LogP contribution in [0.1, 0.15) is 53.9 Å². The molecule has 4 saturated carbocycles. The zero-order valence-corrected chi connectivity index (χ0v) is 19.9. The molecule has 10 heteroatoms. The molecule has 1 aromatic carbocycles. The summed E-state index contributed by atoms with van der Waals surface area (Å²) in [5.74, 6) is 1.91. The second kappa shape index (κ2) is 7.50. The molecule has 2 aromatic rings. The minimum Gasteiger partial charge on any atom is -0.296 e. The van der Waals surface area contributed by atoms with Crippen molar-refractivity contribution in [2.45, 2.75) is 48.8 Å². The van der Waals surface area contributed by atoms with Crippen LogP contribution in [0.5, 0.6) is 0 Å². The van der Waals surface area contributed by atoms with E-state index in [9.17, 15) is 13.2 Å². The number of nitrogens with one attached hydrogen (secondary N) is 1. The molecular formula is C21H25ClN4O3S2. The topological polar surface area (TPSA) is 92.3 Å². The Morgan fingerprint density at radius 3 is 2.32 bits per heavy atom. The van der Waals surface area contributed by atoms with Crippen LogP contribution < -0.4 is 5.32 Å². The Morgan fingerprint density at radius 1 is 1.13 bits per heavy atom. The summed E-state index contributed by atoms with van der Waals surface area (Å²) in [5.41, 5.74) is 0.211. The molecule has 4 aliphatic carbocycles. The predicted octanol–water partition coefficient (Wildman–Crippen LogP) is 4.16.